The molecule has 1 aromatic heterocycles. The average Bonchev–Trinajstić information content (AvgIpc) is 2.81. The standard InChI is InChI=1S/C12H15N3OS2/c1-8-14-15-12(17-8)18-11(7-13)9-5-3-4-6-10(9)16-2/h3-6,11H,7,13H2,1-2H3. The lowest BCUT2D eigenvalue weighted by atomic mass is 10.1. The van der Waals surface area contributed by atoms with Crippen LogP contribution in [-0.2, 0) is 0 Å². The van der Waals surface area contributed by atoms with Gasteiger partial charge in [0.05, 0.1) is 12.4 Å². The molecule has 4 nitrogen and oxygen atoms in total. The Labute approximate surface area is 115 Å². The summed E-state index contributed by atoms with van der Waals surface area (Å²) in [4.78, 5) is 0. The van der Waals surface area contributed by atoms with Crippen molar-refractivity contribution in [2.75, 3.05) is 13.7 Å². The molecule has 1 aromatic carbocycles. The molecule has 18 heavy (non-hydrogen) atoms. The van der Waals surface area contributed by atoms with E-state index in [1.807, 2.05) is 31.2 Å². The molecule has 2 N–H and O–H groups in total. The molecule has 0 aliphatic rings. The molecule has 0 bridgehead atoms. The zero-order valence-electron chi connectivity index (χ0n) is 10.3. The van der Waals surface area contributed by atoms with Gasteiger partial charge < -0.3 is 10.5 Å². The van der Waals surface area contributed by atoms with Crippen LogP contribution in [-0.4, -0.2) is 23.9 Å². The summed E-state index contributed by atoms with van der Waals surface area (Å²) in [6, 6.07) is 7.93. The van der Waals surface area contributed by atoms with E-state index < -0.39 is 0 Å². The second-order valence-corrected chi connectivity index (χ2v) is 6.30. The predicted octanol–water partition coefficient (Wildman–Crippen LogP) is 2.65. The zero-order chi connectivity index (χ0) is 13.0. The molecule has 0 radical (unpaired) electrons. The molecule has 2 aromatic rings. The topological polar surface area (TPSA) is 61.0 Å². The maximum atomic E-state index is 5.86. The first-order valence-electron chi connectivity index (χ1n) is 5.54. The Morgan fingerprint density at radius 2 is 2.17 bits per heavy atom. The van der Waals surface area contributed by atoms with Gasteiger partial charge in [-0.25, -0.2) is 0 Å². The van der Waals surface area contributed by atoms with Gasteiger partial charge in [-0.2, -0.15) is 0 Å². The Morgan fingerprint density at radius 3 is 2.78 bits per heavy atom. The molecule has 96 valence electrons. The number of aryl methyl sites for hydroxylation is 1. The lowest BCUT2D eigenvalue weighted by molar-refractivity contribution is 0.409. The molecule has 0 amide bonds. The number of methoxy groups -OCH3 is 1. The molecule has 0 fully saturated rings. The number of ether oxygens (including phenoxy) is 1. The molecular weight excluding hydrogens is 266 g/mol. The number of hydrogen-bond donors (Lipinski definition) is 1. The molecule has 1 heterocycles. The Bertz CT molecular complexity index is 516. The average molecular weight is 281 g/mol. The summed E-state index contributed by atoms with van der Waals surface area (Å²) >= 11 is 3.22. The lowest BCUT2D eigenvalue weighted by Gasteiger charge is -2.16. The normalized spacial score (nSPS) is 12.4. The molecular formula is C12H15N3OS2. The number of aromatic nitrogens is 2. The van der Waals surface area contributed by atoms with Crippen molar-refractivity contribution >= 4 is 23.1 Å². The van der Waals surface area contributed by atoms with E-state index in [0.717, 1.165) is 20.7 Å². The summed E-state index contributed by atoms with van der Waals surface area (Å²) in [6.45, 7) is 2.48. The largest absolute Gasteiger partial charge is 0.496 e. The van der Waals surface area contributed by atoms with Crippen LogP contribution in [0.1, 0.15) is 15.8 Å². The monoisotopic (exact) mass is 281 g/mol. The summed E-state index contributed by atoms with van der Waals surface area (Å²) in [5, 5.41) is 9.23. The van der Waals surface area contributed by atoms with Crippen LogP contribution in [0.5, 0.6) is 5.75 Å². The highest BCUT2D eigenvalue weighted by atomic mass is 32.2. The van der Waals surface area contributed by atoms with Crippen molar-refractivity contribution in [3.8, 4) is 5.75 Å². The molecule has 2 rings (SSSR count). The maximum Gasteiger partial charge on any atom is 0.174 e. The van der Waals surface area contributed by atoms with E-state index in [-0.39, 0.29) is 5.25 Å². The second kappa shape index (κ2) is 6.17. The summed E-state index contributed by atoms with van der Waals surface area (Å²) in [5.74, 6) is 0.863. The Balaban J connectivity index is 2.22. The van der Waals surface area contributed by atoms with Gasteiger partial charge in [0.2, 0.25) is 0 Å². The molecule has 0 aliphatic carbocycles. The number of thioether (sulfide) groups is 1. The molecule has 0 saturated carbocycles. The van der Waals surface area contributed by atoms with Gasteiger partial charge in [0.25, 0.3) is 0 Å². The minimum atomic E-state index is 0.133. The minimum Gasteiger partial charge on any atom is -0.496 e. The van der Waals surface area contributed by atoms with Crippen molar-refractivity contribution in [3.05, 3.63) is 34.8 Å². The van der Waals surface area contributed by atoms with E-state index in [9.17, 15) is 0 Å². The first-order chi connectivity index (χ1) is 8.74. The van der Waals surface area contributed by atoms with Gasteiger partial charge >= 0.3 is 0 Å². The number of benzene rings is 1. The van der Waals surface area contributed by atoms with E-state index in [0.29, 0.717) is 6.54 Å². The SMILES string of the molecule is COc1ccccc1C(CN)Sc1nnc(C)s1. The summed E-state index contributed by atoms with van der Waals surface area (Å²) < 4.78 is 6.31. The fraction of sp³-hybridized carbons (Fsp3) is 0.333. The molecule has 1 atom stereocenters. The summed E-state index contributed by atoms with van der Waals surface area (Å²) in [5.41, 5.74) is 6.96. The van der Waals surface area contributed by atoms with Gasteiger partial charge in [-0.15, -0.1) is 10.2 Å². The first-order valence-corrected chi connectivity index (χ1v) is 7.24. The van der Waals surface area contributed by atoms with Crippen LogP contribution in [0.25, 0.3) is 0 Å². The van der Waals surface area contributed by atoms with Crippen LogP contribution in [0.3, 0.4) is 0 Å². The Morgan fingerprint density at radius 1 is 1.39 bits per heavy atom. The van der Waals surface area contributed by atoms with Crippen LogP contribution in [0.2, 0.25) is 0 Å². The zero-order valence-corrected chi connectivity index (χ0v) is 11.9. The third kappa shape index (κ3) is 3.01. The quantitative estimate of drug-likeness (QED) is 0.854. The van der Waals surface area contributed by atoms with Crippen LogP contribution in [0.15, 0.2) is 28.6 Å². The van der Waals surface area contributed by atoms with Crippen molar-refractivity contribution in [3.63, 3.8) is 0 Å². The van der Waals surface area contributed by atoms with Crippen molar-refractivity contribution < 1.29 is 4.74 Å². The minimum absolute atomic E-state index is 0.133. The van der Waals surface area contributed by atoms with Crippen LogP contribution in [0.4, 0.5) is 0 Å². The van der Waals surface area contributed by atoms with Crippen molar-refractivity contribution in [1.82, 2.24) is 10.2 Å². The molecule has 6 heteroatoms. The highest BCUT2D eigenvalue weighted by Gasteiger charge is 2.17. The van der Waals surface area contributed by atoms with E-state index in [2.05, 4.69) is 10.2 Å². The first kappa shape index (κ1) is 13.3. The van der Waals surface area contributed by atoms with Gasteiger partial charge in [0, 0.05) is 12.1 Å². The highest BCUT2D eigenvalue weighted by Crippen LogP contribution is 2.39. The fourth-order valence-electron chi connectivity index (χ4n) is 1.62. The van der Waals surface area contributed by atoms with Crippen molar-refractivity contribution in [2.24, 2.45) is 5.73 Å². The highest BCUT2D eigenvalue weighted by molar-refractivity contribution is 8.01. The van der Waals surface area contributed by atoms with E-state index in [1.54, 1.807) is 30.2 Å². The van der Waals surface area contributed by atoms with E-state index >= 15 is 0 Å². The number of hydrogen-bond acceptors (Lipinski definition) is 6. The molecule has 1 unspecified atom stereocenters. The molecule has 0 spiro atoms. The lowest BCUT2D eigenvalue weighted by Crippen LogP contribution is -2.10. The van der Waals surface area contributed by atoms with Crippen molar-refractivity contribution in [1.29, 1.82) is 0 Å². The second-order valence-electron chi connectivity index (χ2n) is 3.67. The number of rotatable bonds is 5. The fourth-order valence-corrected chi connectivity index (χ4v) is 3.69. The van der Waals surface area contributed by atoms with E-state index in [1.165, 1.54) is 0 Å². The Kier molecular flexibility index (Phi) is 4.57. The Hall–Kier alpha value is -1.11. The maximum absolute atomic E-state index is 5.86. The van der Waals surface area contributed by atoms with E-state index in [4.69, 9.17) is 10.5 Å². The smallest absolute Gasteiger partial charge is 0.174 e. The number of nitrogens with zero attached hydrogens (tertiary/aromatic N) is 2. The summed E-state index contributed by atoms with van der Waals surface area (Å²) in [6.07, 6.45) is 0. The van der Waals surface area contributed by atoms with Gasteiger partial charge in [-0.1, -0.05) is 41.3 Å². The van der Waals surface area contributed by atoms with Crippen LogP contribution in [0, 0.1) is 6.92 Å². The van der Waals surface area contributed by atoms with Crippen LogP contribution < -0.4 is 10.5 Å². The molecule has 0 aliphatic heterocycles. The van der Waals surface area contributed by atoms with Gasteiger partial charge in [-0.05, 0) is 13.0 Å². The third-order valence-electron chi connectivity index (χ3n) is 2.45. The van der Waals surface area contributed by atoms with Gasteiger partial charge in [-0.3, -0.25) is 0 Å². The summed E-state index contributed by atoms with van der Waals surface area (Å²) in [7, 11) is 1.67. The number of para-hydroxylation sites is 1. The number of nitrogens with two attached hydrogens (primary N) is 1. The third-order valence-corrected chi connectivity index (χ3v) is 4.64. The molecule has 0 saturated heterocycles. The van der Waals surface area contributed by atoms with Gasteiger partial charge in [0.15, 0.2) is 4.34 Å². The van der Waals surface area contributed by atoms with Crippen LogP contribution >= 0.6 is 23.1 Å². The predicted molar refractivity (Wildman–Crippen MR) is 75.3 cm³/mol. The van der Waals surface area contributed by atoms with Gasteiger partial charge in [0.1, 0.15) is 10.8 Å². The van der Waals surface area contributed by atoms with Crippen molar-refractivity contribution in [2.45, 2.75) is 16.5 Å².